The van der Waals surface area contributed by atoms with E-state index in [0.717, 1.165) is 44.1 Å². The molecule has 2 aliphatic carbocycles. The van der Waals surface area contributed by atoms with Crippen LogP contribution in [0.1, 0.15) is 95.9 Å². The summed E-state index contributed by atoms with van der Waals surface area (Å²) in [6.45, 7) is 23.2. The topological polar surface area (TPSA) is 139 Å². The largest absolute Gasteiger partial charge is 0.497 e. The molecule has 2 rings (SSSR count). The second-order valence-electron chi connectivity index (χ2n) is 10.6. The smallest absolute Gasteiger partial charge is 0.136 e. The fourth-order valence-corrected chi connectivity index (χ4v) is 4.50. The van der Waals surface area contributed by atoms with Gasteiger partial charge >= 0.3 is 0 Å². The van der Waals surface area contributed by atoms with Gasteiger partial charge in [0.2, 0.25) is 0 Å². The maximum Gasteiger partial charge on any atom is 0.136 e. The molecule has 0 saturated carbocycles. The Morgan fingerprint density at radius 2 is 1.48 bits per heavy atom. The lowest BCUT2D eigenvalue weighted by Crippen LogP contribution is -2.48. The molecule has 8 nitrogen and oxygen atoms in total. The van der Waals surface area contributed by atoms with Gasteiger partial charge in [0, 0.05) is 43.8 Å². The highest BCUT2D eigenvalue weighted by Crippen LogP contribution is 2.24. The molecule has 46 heavy (non-hydrogen) atoms. The molecule has 2 aliphatic rings. The summed E-state index contributed by atoms with van der Waals surface area (Å²) in [4.78, 5) is 11.0. The lowest BCUT2D eigenvalue weighted by molar-refractivity contribution is -0.119. The Morgan fingerprint density at radius 1 is 0.957 bits per heavy atom. The van der Waals surface area contributed by atoms with E-state index in [1.54, 1.807) is 39.6 Å². The predicted octanol–water partition coefficient (Wildman–Crippen LogP) is 6.84. The Bertz CT molecular complexity index is 833. The molecule has 0 aromatic heterocycles. The van der Waals surface area contributed by atoms with E-state index in [2.05, 4.69) is 49.5 Å². The number of rotatable bonds is 11. The molecule has 0 bridgehead atoms. The number of carbonyl (C=O) groups excluding carboxylic acids is 1. The first-order valence-electron chi connectivity index (χ1n) is 16.5. The summed E-state index contributed by atoms with van der Waals surface area (Å²) < 4.78 is 5.11. The molecule has 0 aliphatic heterocycles. The predicted molar refractivity (Wildman–Crippen MR) is 201 cm³/mol. The van der Waals surface area contributed by atoms with Crippen LogP contribution in [-0.2, 0) is 9.53 Å². The van der Waals surface area contributed by atoms with Gasteiger partial charge in [0.15, 0.2) is 0 Å². The zero-order valence-electron chi connectivity index (χ0n) is 31.9. The number of aliphatic hydroxyl groups excluding tert-OH is 5. The minimum atomic E-state index is -0.577. The molecule has 0 saturated heterocycles. The van der Waals surface area contributed by atoms with Crippen molar-refractivity contribution in [3.8, 4) is 0 Å². The quantitative estimate of drug-likeness (QED) is 0.130. The van der Waals surface area contributed by atoms with Crippen LogP contribution < -0.4 is 5.32 Å². The van der Waals surface area contributed by atoms with Crippen molar-refractivity contribution >= 4 is 17.5 Å². The highest BCUT2D eigenvalue weighted by molar-refractivity contribution is 7.99. The van der Waals surface area contributed by atoms with E-state index in [-0.39, 0.29) is 29.8 Å². The number of ketones is 1. The van der Waals surface area contributed by atoms with Gasteiger partial charge in [-0.25, -0.2) is 0 Å². The van der Waals surface area contributed by atoms with Gasteiger partial charge in [0.05, 0.1) is 13.2 Å². The van der Waals surface area contributed by atoms with E-state index in [9.17, 15) is 15.0 Å². The first kappa shape index (κ1) is 53.8. The Labute approximate surface area is 287 Å². The molecule has 0 spiro atoms. The third-order valence-electron chi connectivity index (χ3n) is 6.34. The Kier molecular flexibility index (Phi) is 44.1. The van der Waals surface area contributed by atoms with Crippen LogP contribution in [0.3, 0.4) is 0 Å². The van der Waals surface area contributed by atoms with Crippen molar-refractivity contribution in [1.82, 2.24) is 5.32 Å². The van der Waals surface area contributed by atoms with Crippen molar-refractivity contribution in [2.45, 2.75) is 120 Å². The van der Waals surface area contributed by atoms with Crippen LogP contribution in [0.5, 0.6) is 0 Å². The molecule has 0 aromatic carbocycles. The maximum absolute atomic E-state index is 11.0. The molecule has 2 unspecified atom stereocenters. The van der Waals surface area contributed by atoms with E-state index >= 15 is 0 Å². The highest BCUT2D eigenvalue weighted by atomic mass is 32.2. The van der Waals surface area contributed by atoms with Crippen LogP contribution in [0, 0.1) is 17.8 Å². The van der Waals surface area contributed by atoms with Crippen molar-refractivity contribution in [2.75, 3.05) is 32.8 Å². The van der Waals surface area contributed by atoms with Crippen molar-refractivity contribution < 1.29 is 35.1 Å². The average Bonchev–Trinajstić information content (AvgIpc) is 3.33. The lowest BCUT2D eigenvalue weighted by Gasteiger charge is -2.28. The molecular formula is C37H73NO7S. The van der Waals surface area contributed by atoms with E-state index < -0.39 is 12.3 Å². The molecule has 274 valence electrons. The molecule has 0 aromatic rings. The summed E-state index contributed by atoms with van der Waals surface area (Å²) in [5, 5.41) is 45.5. The van der Waals surface area contributed by atoms with Crippen LogP contribution in [0.2, 0.25) is 0 Å². The normalized spacial score (nSPS) is 17.0. The number of hydrogen-bond acceptors (Lipinski definition) is 9. The number of nitrogens with one attached hydrogen (secondary N) is 1. The zero-order valence-corrected chi connectivity index (χ0v) is 32.7. The number of ether oxygens (including phenoxy) is 1. The number of thioether (sulfide) groups is 1. The minimum Gasteiger partial charge on any atom is -0.497 e. The second kappa shape index (κ2) is 37.7. The minimum absolute atomic E-state index is 0.0592. The monoisotopic (exact) mass is 676 g/mol. The van der Waals surface area contributed by atoms with Gasteiger partial charge in [-0.1, -0.05) is 84.9 Å². The standard InChI is InChI=1S/C18H31NO2S.C10H14O2.C3H8O.2C2H6.2CH4O/c1-13(2)14(3)18(21)19-15(4)17(20)12-22-11-16-9-7-5-6-8-10-16;1-7-6-9(8(2)11)4-5-10(7)12-3;1-3(2)4;4*1-2/h5,7-10,13-15,17-21H,6,11-12H2,1-4H3;4-5,9H,6H2,1-3H3;3-4H,1-2H3;2*1-2H3;2*2H,1H3/t14?,15-,17+,18+;;;;;;/m1....../s1. The number of allylic oxidation sites excluding steroid dienone is 8. The van der Waals surface area contributed by atoms with Crippen LogP contribution in [0.15, 0.2) is 59.4 Å². The van der Waals surface area contributed by atoms with Gasteiger partial charge in [-0.2, -0.15) is 11.8 Å². The van der Waals surface area contributed by atoms with E-state index in [0.29, 0.717) is 11.7 Å². The van der Waals surface area contributed by atoms with Gasteiger partial charge in [0.25, 0.3) is 0 Å². The number of carbonyl (C=O) groups is 1. The van der Waals surface area contributed by atoms with Crippen molar-refractivity contribution in [1.29, 1.82) is 0 Å². The fourth-order valence-electron chi connectivity index (χ4n) is 3.42. The maximum atomic E-state index is 11.0. The van der Waals surface area contributed by atoms with Gasteiger partial charge < -0.3 is 30.3 Å². The van der Waals surface area contributed by atoms with Crippen LogP contribution >= 0.6 is 11.8 Å². The Hall–Kier alpha value is -1.72. The molecule has 0 fully saturated rings. The molecule has 9 heteroatoms. The van der Waals surface area contributed by atoms with Crippen LogP contribution in [0.4, 0.5) is 0 Å². The second-order valence-corrected chi connectivity index (χ2v) is 11.6. The number of aliphatic hydroxyl groups is 5. The average molecular weight is 676 g/mol. The van der Waals surface area contributed by atoms with E-state index in [1.165, 1.54) is 5.57 Å². The molecule has 6 N–H and O–H groups in total. The summed E-state index contributed by atoms with van der Waals surface area (Å²) in [5.41, 5.74) is 2.43. The zero-order chi connectivity index (χ0) is 37.3. The van der Waals surface area contributed by atoms with Crippen molar-refractivity contribution in [2.24, 2.45) is 17.8 Å². The van der Waals surface area contributed by atoms with Crippen LogP contribution in [-0.4, -0.2) is 88.6 Å². The summed E-state index contributed by atoms with van der Waals surface area (Å²) in [5.74, 6) is 3.30. The number of hydrogen-bond donors (Lipinski definition) is 6. The fraction of sp³-hybridized carbons (Fsp3) is 0.703. The molecule has 5 atom stereocenters. The third-order valence-corrected chi connectivity index (χ3v) is 7.45. The van der Waals surface area contributed by atoms with Gasteiger partial charge in [-0.3, -0.25) is 10.1 Å². The Balaban J connectivity index is -0.000000196. The SMILES string of the molecule is CC.CC.CC(C)C(C)[C@H](O)N[C@H](C)[C@@H](O)CSCC1=CC=CCC=C1.CC(C)O.CO.CO.COC1=C(C)CC(C(C)=O)C=C1. The number of methoxy groups -OCH3 is 1. The molecule has 0 amide bonds. The summed E-state index contributed by atoms with van der Waals surface area (Å²) in [6, 6.07) is -0.123. The third kappa shape index (κ3) is 30.9. The van der Waals surface area contributed by atoms with Crippen molar-refractivity contribution in [3.05, 3.63) is 59.4 Å². The van der Waals surface area contributed by atoms with Crippen molar-refractivity contribution in [3.63, 3.8) is 0 Å². The van der Waals surface area contributed by atoms with Gasteiger partial charge in [-0.05, 0) is 76.5 Å². The first-order chi connectivity index (χ1) is 21.8. The lowest BCUT2D eigenvalue weighted by atomic mass is 9.91. The first-order valence-corrected chi connectivity index (χ1v) is 17.7. The van der Waals surface area contributed by atoms with Gasteiger partial charge in [0.1, 0.15) is 17.8 Å². The molecule has 0 heterocycles. The molecule has 0 radical (unpaired) electrons. The summed E-state index contributed by atoms with van der Waals surface area (Å²) >= 11 is 1.72. The summed E-state index contributed by atoms with van der Waals surface area (Å²) in [6.07, 6.45) is 15.0. The van der Waals surface area contributed by atoms with Crippen LogP contribution in [0.25, 0.3) is 0 Å². The highest BCUT2D eigenvalue weighted by Gasteiger charge is 2.22. The van der Waals surface area contributed by atoms with E-state index in [1.807, 2.05) is 60.6 Å². The Morgan fingerprint density at radius 3 is 1.91 bits per heavy atom. The summed E-state index contributed by atoms with van der Waals surface area (Å²) in [7, 11) is 3.65. The van der Waals surface area contributed by atoms with Gasteiger partial charge in [-0.15, -0.1) is 0 Å². The van der Waals surface area contributed by atoms with E-state index in [4.69, 9.17) is 20.1 Å². The molecular weight excluding hydrogens is 602 g/mol. The number of Topliss-reactive ketones (excluding diaryl/α,β-unsaturated/α-hetero) is 1.